The van der Waals surface area contributed by atoms with E-state index in [1.165, 1.54) is 0 Å². The average Bonchev–Trinajstić information content (AvgIpc) is 2.80. The van der Waals surface area contributed by atoms with Crippen molar-refractivity contribution in [2.24, 2.45) is 0 Å². The van der Waals surface area contributed by atoms with Crippen LogP contribution in [0.1, 0.15) is 44.7 Å². The lowest BCUT2D eigenvalue weighted by Crippen LogP contribution is -2.49. The molecule has 0 spiro atoms. The Morgan fingerprint density at radius 2 is 1.65 bits per heavy atom. The fraction of sp³-hybridized carbons (Fsp3) is 0.440. The highest BCUT2D eigenvalue weighted by Gasteiger charge is 2.26. The Labute approximate surface area is 185 Å². The van der Waals surface area contributed by atoms with Crippen molar-refractivity contribution in [3.05, 3.63) is 59.7 Å². The molecule has 0 aromatic heterocycles. The van der Waals surface area contributed by atoms with Crippen LogP contribution in [0.5, 0.6) is 11.5 Å². The topological polar surface area (TPSA) is 67.9 Å². The maximum absolute atomic E-state index is 13.2. The summed E-state index contributed by atoms with van der Waals surface area (Å²) in [4.78, 5) is 27.6. The van der Waals surface area contributed by atoms with Crippen molar-refractivity contribution in [1.82, 2.24) is 10.2 Å². The first-order chi connectivity index (χ1) is 14.9. The van der Waals surface area contributed by atoms with Crippen LogP contribution in [0.2, 0.25) is 0 Å². The quantitative estimate of drug-likeness (QED) is 0.590. The van der Waals surface area contributed by atoms with Gasteiger partial charge in [-0.25, -0.2) is 0 Å². The lowest BCUT2D eigenvalue weighted by molar-refractivity contribution is -0.140. The van der Waals surface area contributed by atoms with E-state index in [4.69, 9.17) is 9.47 Å². The predicted molar refractivity (Wildman–Crippen MR) is 122 cm³/mol. The number of rotatable bonds is 11. The van der Waals surface area contributed by atoms with Gasteiger partial charge in [0, 0.05) is 19.0 Å². The SMILES string of the molecule is CCC(C)NC(=O)C(C)N(Cc1ccccc1)C(=O)CCc1ccc(OC)c(OC)c1. The molecule has 0 aliphatic carbocycles. The third-order valence-electron chi connectivity index (χ3n) is 5.44. The Morgan fingerprint density at radius 1 is 0.968 bits per heavy atom. The molecule has 2 amide bonds. The molecule has 0 saturated heterocycles. The zero-order chi connectivity index (χ0) is 22.8. The van der Waals surface area contributed by atoms with Crippen molar-refractivity contribution in [2.75, 3.05) is 14.2 Å². The second kappa shape index (κ2) is 12.0. The number of hydrogen-bond acceptors (Lipinski definition) is 4. The maximum Gasteiger partial charge on any atom is 0.242 e. The number of nitrogens with zero attached hydrogens (tertiary/aromatic N) is 1. The molecule has 0 saturated carbocycles. The first-order valence-corrected chi connectivity index (χ1v) is 10.7. The van der Waals surface area contributed by atoms with E-state index in [2.05, 4.69) is 5.32 Å². The van der Waals surface area contributed by atoms with Gasteiger partial charge in [0.2, 0.25) is 11.8 Å². The number of ether oxygens (including phenoxy) is 2. The molecule has 0 aliphatic rings. The highest BCUT2D eigenvalue weighted by molar-refractivity contribution is 5.87. The van der Waals surface area contributed by atoms with Gasteiger partial charge in [-0.1, -0.05) is 43.3 Å². The van der Waals surface area contributed by atoms with E-state index < -0.39 is 6.04 Å². The van der Waals surface area contributed by atoms with Crippen molar-refractivity contribution in [3.63, 3.8) is 0 Å². The lowest BCUT2D eigenvalue weighted by Gasteiger charge is -2.30. The number of hydrogen-bond donors (Lipinski definition) is 1. The molecule has 0 radical (unpaired) electrons. The largest absolute Gasteiger partial charge is 0.493 e. The van der Waals surface area contributed by atoms with Gasteiger partial charge in [0.25, 0.3) is 0 Å². The standard InChI is InChI=1S/C25H34N2O4/c1-6-18(2)26-25(29)19(3)27(17-21-10-8-7-9-11-21)24(28)15-13-20-12-14-22(30-4)23(16-20)31-5/h7-12,14,16,18-19H,6,13,15,17H2,1-5H3,(H,26,29). The van der Waals surface area contributed by atoms with Crippen LogP contribution in [0, 0.1) is 0 Å². The average molecular weight is 427 g/mol. The monoisotopic (exact) mass is 426 g/mol. The van der Waals surface area contributed by atoms with E-state index in [1.807, 2.05) is 62.4 Å². The van der Waals surface area contributed by atoms with E-state index in [1.54, 1.807) is 26.0 Å². The normalized spacial score (nSPS) is 12.5. The second-order valence-corrected chi connectivity index (χ2v) is 7.69. The summed E-state index contributed by atoms with van der Waals surface area (Å²) in [5.41, 5.74) is 1.97. The van der Waals surface area contributed by atoms with Crippen LogP contribution in [0.4, 0.5) is 0 Å². The van der Waals surface area contributed by atoms with E-state index in [-0.39, 0.29) is 17.9 Å². The van der Waals surface area contributed by atoms with Gasteiger partial charge in [-0.15, -0.1) is 0 Å². The number of carbonyl (C=O) groups is 2. The molecule has 31 heavy (non-hydrogen) atoms. The van der Waals surface area contributed by atoms with Gasteiger partial charge in [-0.3, -0.25) is 9.59 Å². The number of aryl methyl sites for hydroxylation is 1. The van der Waals surface area contributed by atoms with Gasteiger partial charge in [-0.05, 0) is 49.9 Å². The highest BCUT2D eigenvalue weighted by Crippen LogP contribution is 2.28. The van der Waals surface area contributed by atoms with Crippen molar-refractivity contribution in [2.45, 2.75) is 58.7 Å². The van der Waals surface area contributed by atoms with Crippen LogP contribution in [0.3, 0.4) is 0 Å². The van der Waals surface area contributed by atoms with Crippen molar-refractivity contribution in [3.8, 4) is 11.5 Å². The number of methoxy groups -OCH3 is 2. The fourth-order valence-electron chi connectivity index (χ4n) is 3.26. The van der Waals surface area contributed by atoms with Crippen LogP contribution in [-0.2, 0) is 22.6 Å². The molecule has 0 bridgehead atoms. The molecule has 2 aromatic carbocycles. The Bertz CT molecular complexity index is 854. The Kier molecular flexibility index (Phi) is 9.38. The summed E-state index contributed by atoms with van der Waals surface area (Å²) in [6, 6.07) is 14.9. The van der Waals surface area contributed by atoms with Crippen LogP contribution in [-0.4, -0.2) is 43.0 Å². The molecule has 2 rings (SSSR count). The summed E-state index contributed by atoms with van der Waals surface area (Å²) >= 11 is 0. The van der Waals surface area contributed by atoms with Gasteiger partial charge in [-0.2, -0.15) is 0 Å². The van der Waals surface area contributed by atoms with Crippen molar-refractivity contribution < 1.29 is 19.1 Å². The van der Waals surface area contributed by atoms with Gasteiger partial charge in [0.1, 0.15) is 6.04 Å². The van der Waals surface area contributed by atoms with Crippen LogP contribution in [0.25, 0.3) is 0 Å². The van der Waals surface area contributed by atoms with Crippen LogP contribution < -0.4 is 14.8 Å². The predicted octanol–water partition coefficient (Wildman–Crippen LogP) is 3.97. The van der Waals surface area contributed by atoms with E-state index >= 15 is 0 Å². The molecule has 168 valence electrons. The Balaban J connectivity index is 2.14. The Hall–Kier alpha value is -3.02. The minimum atomic E-state index is -0.563. The van der Waals surface area contributed by atoms with Gasteiger partial charge in [0.05, 0.1) is 14.2 Å². The summed E-state index contributed by atoms with van der Waals surface area (Å²) in [5.74, 6) is 1.09. The number of nitrogens with one attached hydrogen (secondary N) is 1. The molecule has 2 atom stereocenters. The smallest absolute Gasteiger partial charge is 0.242 e. The minimum Gasteiger partial charge on any atom is -0.493 e. The maximum atomic E-state index is 13.2. The van der Waals surface area contributed by atoms with E-state index in [0.29, 0.717) is 30.9 Å². The molecule has 0 aliphatic heterocycles. The molecule has 6 heteroatoms. The van der Waals surface area contributed by atoms with Gasteiger partial charge < -0.3 is 19.7 Å². The second-order valence-electron chi connectivity index (χ2n) is 7.69. The minimum absolute atomic E-state index is 0.0644. The highest BCUT2D eigenvalue weighted by atomic mass is 16.5. The van der Waals surface area contributed by atoms with E-state index in [0.717, 1.165) is 17.5 Å². The zero-order valence-electron chi connectivity index (χ0n) is 19.2. The molecule has 1 N–H and O–H groups in total. The van der Waals surface area contributed by atoms with Crippen LogP contribution >= 0.6 is 0 Å². The number of amides is 2. The molecule has 2 aromatic rings. The third-order valence-corrected chi connectivity index (χ3v) is 5.44. The summed E-state index contributed by atoms with van der Waals surface area (Å²) in [6.45, 7) is 6.16. The molecular weight excluding hydrogens is 392 g/mol. The molecule has 2 unspecified atom stereocenters. The third kappa shape index (κ3) is 7.02. The summed E-state index contributed by atoms with van der Waals surface area (Å²) < 4.78 is 10.6. The molecule has 6 nitrogen and oxygen atoms in total. The molecule has 0 heterocycles. The molecule has 0 fully saturated rings. The van der Waals surface area contributed by atoms with E-state index in [9.17, 15) is 9.59 Å². The summed E-state index contributed by atoms with van der Waals surface area (Å²) in [6.07, 6.45) is 1.68. The summed E-state index contributed by atoms with van der Waals surface area (Å²) in [5, 5.41) is 2.99. The number of carbonyl (C=O) groups excluding carboxylic acids is 2. The van der Waals surface area contributed by atoms with Crippen molar-refractivity contribution >= 4 is 11.8 Å². The first-order valence-electron chi connectivity index (χ1n) is 10.7. The fourth-order valence-corrected chi connectivity index (χ4v) is 3.26. The zero-order valence-corrected chi connectivity index (χ0v) is 19.2. The molecular formula is C25H34N2O4. The van der Waals surface area contributed by atoms with Gasteiger partial charge >= 0.3 is 0 Å². The lowest BCUT2D eigenvalue weighted by atomic mass is 10.1. The van der Waals surface area contributed by atoms with Gasteiger partial charge in [0.15, 0.2) is 11.5 Å². The van der Waals surface area contributed by atoms with Crippen molar-refractivity contribution in [1.29, 1.82) is 0 Å². The summed E-state index contributed by atoms with van der Waals surface area (Å²) in [7, 11) is 3.18. The van der Waals surface area contributed by atoms with Crippen LogP contribution in [0.15, 0.2) is 48.5 Å². The Morgan fingerprint density at radius 3 is 2.26 bits per heavy atom. The number of benzene rings is 2. The first kappa shape index (κ1) is 24.3.